The summed E-state index contributed by atoms with van der Waals surface area (Å²) in [7, 11) is 0. The summed E-state index contributed by atoms with van der Waals surface area (Å²) in [5.74, 6) is 4.64. The topological polar surface area (TPSA) is 64.3 Å². The minimum Gasteiger partial charge on any atom is -0.487 e. The summed E-state index contributed by atoms with van der Waals surface area (Å²) < 4.78 is 19.2. The van der Waals surface area contributed by atoms with Crippen molar-refractivity contribution in [1.29, 1.82) is 0 Å². The van der Waals surface area contributed by atoms with Crippen molar-refractivity contribution in [2.75, 3.05) is 0 Å². The van der Waals surface area contributed by atoms with E-state index in [4.69, 9.17) is 22.2 Å². The van der Waals surface area contributed by atoms with E-state index in [2.05, 4.69) is 21.4 Å². The average Bonchev–Trinajstić information content (AvgIpc) is 2.46. The second kappa shape index (κ2) is 6.89. The third-order valence-corrected chi connectivity index (χ3v) is 3.76. The van der Waals surface area contributed by atoms with Crippen LogP contribution in [0.4, 0.5) is 4.39 Å². The van der Waals surface area contributed by atoms with Crippen LogP contribution in [-0.2, 0) is 6.61 Å². The lowest BCUT2D eigenvalue weighted by Gasteiger charge is -2.10. The summed E-state index contributed by atoms with van der Waals surface area (Å²) in [6.07, 6.45) is 0. The molecule has 2 rings (SSSR count). The Balaban J connectivity index is 2.11. The van der Waals surface area contributed by atoms with Crippen LogP contribution in [0, 0.1) is 5.82 Å². The first kappa shape index (κ1) is 15.8. The molecule has 0 atom stereocenters. The van der Waals surface area contributed by atoms with Crippen LogP contribution in [0.5, 0.6) is 5.75 Å². The summed E-state index contributed by atoms with van der Waals surface area (Å²) in [5.41, 5.74) is 3.29. The number of hydrogen-bond donors (Lipinski definition) is 2. The smallest absolute Gasteiger partial charge is 0.265 e. The van der Waals surface area contributed by atoms with E-state index < -0.39 is 5.82 Å². The van der Waals surface area contributed by atoms with Gasteiger partial charge >= 0.3 is 0 Å². The first-order valence-corrected chi connectivity index (χ1v) is 7.05. The van der Waals surface area contributed by atoms with Gasteiger partial charge in [0.15, 0.2) is 0 Å². The SMILES string of the molecule is NNC(=O)c1ccc(COc2ccc(F)cc2Cl)c(Br)c1. The average molecular weight is 374 g/mol. The Morgan fingerprint density at radius 3 is 2.71 bits per heavy atom. The van der Waals surface area contributed by atoms with E-state index in [1.807, 2.05) is 0 Å². The van der Waals surface area contributed by atoms with E-state index in [1.54, 1.807) is 18.2 Å². The van der Waals surface area contributed by atoms with Gasteiger partial charge in [-0.05, 0) is 30.3 Å². The predicted octanol–water partition coefficient (Wildman–Crippen LogP) is 3.42. The van der Waals surface area contributed by atoms with Crippen molar-refractivity contribution in [3.05, 3.63) is 62.8 Å². The molecule has 0 aliphatic carbocycles. The van der Waals surface area contributed by atoms with Gasteiger partial charge in [-0.25, -0.2) is 10.2 Å². The molecule has 0 heterocycles. The van der Waals surface area contributed by atoms with Gasteiger partial charge in [-0.15, -0.1) is 0 Å². The van der Waals surface area contributed by atoms with E-state index in [0.29, 0.717) is 15.8 Å². The van der Waals surface area contributed by atoms with E-state index in [-0.39, 0.29) is 17.5 Å². The first-order chi connectivity index (χ1) is 10.0. The molecule has 1 amide bonds. The molecule has 0 spiro atoms. The van der Waals surface area contributed by atoms with Gasteiger partial charge in [0, 0.05) is 15.6 Å². The summed E-state index contributed by atoms with van der Waals surface area (Å²) in [6.45, 7) is 0.219. The van der Waals surface area contributed by atoms with Gasteiger partial charge in [0.25, 0.3) is 5.91 Å². The molecule has 7 heteroatoms. The summed E-state index contributed by atoms with van der Waals surface area (Å²) >= 11 is 9.23. The highest BCUT2D eigenvalue weighted by molar-refractivity contribution is 9.10. The fourth-order valence-electron chi connectivity index (χ4n) is 1.64. The van der Waals surface area contributed by atoms with Crippen molar-refractivity contribution in [3.8, 4) is 5.75 Å². The molecule has 110 valence electrons. The molecule has 2 aromatic carbocycles. The third kappa shape index (κ3) is 3.93. The molecule has 0 aliphatic heterocycles. The van der Waals surface area contributed by atoms with E-state index in [0.717, 1.165) is 5.56 Å². The normalized spacial score (nSPS) is 10.3. The monoisotopic (exact) mass is 372 g/mol. The molecule has 3 N–H and O–H groups in total. The molecule has 0 unspecified atom stereocenters. The Bertz CT molecular complexity index is 682. The van der Waals surface area contributed by atoms with Gasteiger partial charge in [-0.2, -0.15) is 0 Å². The number of carbonyl (C=O) groups excluding carboxylic acids is 1. The minimum absolute atomic E-state index is 0.199. The maximum atomic E-state index is 12.9. The number of amides is 1. The molecule has 0 radical (unpaired) electrons. The predicted molar refractivity (Wildman–Crippen MR) is 81.5 cm³/mol. The fourth-order valence-corrected chi connectivity index (χ4v) is 2.35. The molecular formula is C14H11BrClFN2O2. The van der Waals surface area contributed by atoms with Crippen molar-refractivity contribution in [3.63, 3.8) is 0 Å². The second-order valence-electron chi connectivity index (χ2n) is 4.14. The zero-order valence-corrected chi connectivity index (χ0v) is 13.0. The lowest BCUT2D eigenvalue weighted by Crippen LogP contribution is -2.29. The van der Waals surface area contributed by atoms with Crippen molar-refractivity contribution in [2.24, 2.45) is 5.84 Å². The molecule has 4 nitrogen and oxygen atoms in total. The zero-order chi connectivity index (χ0) is 15.4. The number of nitrogen functional groups attached to an aromatic ring is 1. The van der Waals surface area contributed by atoms with Gasteiger partial charge < -0.3 is 4.74 Å². The van der Waals surface area contributed by atoms with Crippen molar-refractivity contribution in [2.45, 2.75) is 6.61 Å². The Kier molecular flexibility index (Phi) is 5.17. The highest BCUT2D eigenvalue weighted by atomic mass is 79.9. The molecule has 0 saturated carbocycles. The van der Waals surface area contributed by atoms with Crippen LogP contribution in [0.25, 0.3) is 0 Å². The molecule has 2 aromatic rings. The van der Waals surface area contributed by atoms with Crippen LogP contribution < -0.4 is 16.0 Å². The van der Waals surface area contributed by atoms with Crippen LogP contribution in [0.1, 0.15) is 15.9 Å². The van der Waals surface area contributed by atoms with Crippen LogP contribution in [0.15, 0.2) is 40.9 Å². The Labute approximate surface area is 134 Å². The Morgan fingerprint density at radius 2 is 2.10 bits per heavy atom. The number of ether oxygens (including phenoxy) is 1. The van der Waals surface area contributed by atoms with E-state index >= 15 is 0 Å². The van der Waals surface area contributed by atoms with E-state index in [1.165, 1.54) is 18.2 Å². The van der Waals surface area contributed by atoms with Crippen molar-refractivity contribution < 1.29 is 13.9 Å². The number of nitrogens with one attached hydrogen (secondary N) is 1. The standard InChI is InChI=1S/C14H11BrClFN2O2/c15-11-5-8(14(20)19-18)1-2-9(11)7-21-13-4-3-10(17)6-12(13)16/h1-6H,7,18H2,(H,19,20). The molecule has 0 aliphatic rings. The number of nitrogens with two attached hydrogens (primary N) is 1. The summed E-state index contributed by atoms with van der Waals surface area (Å²) in [6, 6.07) is 8.89. The van der Waals surface area contributed by atoms with Crippen LogP contribution >= 0.6 is 27.5 Å². The first-order valence-electron chi connectivity index (χ1n) is 5.88. The Hall–Kier alpha value is -1.63. The van der Waals surface area contributed by atoms with Crippen LogP contribution in [0.3, 0.4) is 0 Å². The zero-order valence-electron chi connectivity index (χ0n) is 10.7. The summed E-state index contributed by atoms with van der Waals surface area (Å²) in [5, 5.41) is 0.199. The van der Waals surface area contributed by atoms with Crippen molar-refractivity contribution >= 4 is 33.4 Å². The van der Waals surface area contributed by atoms with Crippen molar-refractivity contribution in [1.82, 2.24) is 5.43 Å². The third-order valence-electron chi connectivity index (χ3n) is 2.72. The maximum absolute atomic E-state index is 12.9. The minimum atomic E-state index is -0.425. The highest BCUT2D eigenvalue weighted by Crippen LogP contribution is 2.27. The number of carbonyl (C=O) groups is 1. The number of hydrogen-bond acceptors (Lipinski definition) is 3. The van der Waals surface area contributed by atoms with Gasteiger partial charge in [-0.3, -0.25) is 10.2 Å². The second-order valence-corrected chi connectivity index (χ2v) is 5.40. The fraction of sp³-hybridized carbons (Fsp3) is 0.0714. The largest absolute Gasteiger partial charge is 0.487 e. The maximum Gasteiger partial charge on any atom is 0.265 e. The molecule has 21 heavy (non-hydrogen) atoms. The van der Waals surface area contributed by atoms with Gasteiger partial charge in [0.2, 0.25) is 0 Å². The Morgan fingerprint density at radius 1 is 1.33 bits per heavy atom. The molecule has 0 aromatic heterocycles. The van der Waals surface area contributed by atoms with Gasteiger partial charge in [-0.1, -0.05) is 33.6 Å². The van der Waals surface area contributed by atoms with Gasteiger partial charge in [0.05, 0.1) is 5.02 Å². The number of rotatable bonds is 4. The number of halogens is 3. The number of hydrazine groups is 1. The summed E-state index contributed by atoms with van der Waals surface area (Å²) in [4.78, 5) is 11.4. The van der Waals surface area contributed by atoms with Crippen LogP contribution in [-0.4, -0.2) is 5.91 Å². The number of benzene rings is 2. The van der Waals surface area contributed by atoms with E-state index in [9.17, 15) is 9.18 Å². The quantitative estimate of drug-likeness (QED) is 0.490. The lowest BCUT2D eigenvalue weighted by atomic mass is 10.1. The molecule has 0 fully saturated rings. The molecule has 0 saturated heterocycles. The highest BCUT2D eigenvalue weighted by Gasteiger charge is 2.09. The van der Waals surface area contributed by atoms with Crippen LogP contribution in [0.2, 0.25) is 5.02 Å². The molecule has 0 bridgehead atoms. The van der Waals surface area contributed by atoms with Gasteiger partial charge in [0.1, 0.15) is 18.2 Å². The molecular weight excluding hydrogens is 363 g/mol. The lowest BCUT2D eigenvalue weighted by molar-refractivity contribution is 0.0953.